The van der Waals surface area contributed by atoms with Gasteiger partial charge in [0.15, 0.2) is 0 Å². The molecule has 1 saturated heterocycles. The number of anilines is 1. The molecule has 4 nitrogen and oxygen atoms in total. The van der Waals surface area contributed by atoms with Gasteiger partial charge in [0.1, 0.15) is 5.82 Å². The van der Waals surface area contributed by atoms with Crippen LogP contribution in [0, 0.1) is 6.92 Å². The molecule has 98 valence electrons. The summed E-state index contributed by atoms with van der Waals surface area (Å²) >= 11 is 2.01. The van der Waals surface area contributed by atoms with Crippen molar-refractivity contribution >= 4 is 23.5 Å². The second-order valence-corrected chi connectivity index (χ2v) is 5.75. The molecule has 0 amide bonds. The molecule has 1 atom stereocenters. The van der Waals surface area contributed by atoms with Crippen LogP contribution in [0.2, 0.25) is 0 Å². The lowest BCUT2D eigenvalue weighted by molar-refractivity contribution is 0.0599. The van der Waals surface area contributed by atoms with Crippen LogP contribution in [0.25, 0.3) is 0 Å². The topological polar surface area (TPSA) is 51.2 Å². The Labute approximate surface area is 112 Å². The van der Waals surface area contributed by atoms with E-state index in [0.29, 0.717) is 16.5 Å². The highest BCUT2D eigenvalue weighted by atomic mass is 32.2. The molecule has 1 aliphatic heterocycles. The highest BCUT2D eigenvalue weighted by molar-refractivity contribution is 8.00. The van der Waals surface area contributed by atoms with Crippen molar-refractivity contribution < 1.29 is 9.53 Å². The van der Waals surface area contributed by atoms with Gasteiger partial charge in [0, 0.05) is 11.8 Å². The van der Waals surface area contributed by atoms with Crippen molar-refractivity contribution in [1.29, 1.82) is 0 Å². The molecule has 1 aromatic rings. The molecule has 2 heterocycles. The quantitative estimate of drug-likeness (QED) is 0.848. The maximum atomic E-state index is 11.4. The maximum absolute atomic E-state index is 11.4. The zero-order valence-electron chi connectivity index (χ0n) is 10.7. The zero-order valence-corrected chi connectivity index (χ0v) is 11.5. The molecule has 1 aromatic heterocycles. The molecule has 1 fully saturated rings. The number of aryl methyl sites for hydroxylation is 1. The van der Waals surface area contributed by atoms with E-state index in [1.807, 2.05) is 24.8 Å². The summed E-state index contributed by atoms with van der Waals surface area (Å²) in [4.78, 5) is 15.8. The fourth-order valence-electron chi connectivity index (χ4n) is 2.01. The zero-order chi connectivity index (χ0) is 13.0. The van der Waals surface area contributed by atoms with Gasteiger partial charge in [0.2, 0.25) is 0 Å². The molecule has 5 heteroatoms. The Morgan fingerprint density at radius 2 is 2.44 bits per heavy atom. The number of ether oxygens (including phenoxy) is 1. The van der Waals surface area contributed by atoms with E-state index in [-0.39, 0.29) is 5.97 Å². The number of carbonyl (C=O) groups is 1. The predicted octanol–water partition coefficient (Wildman–Crippen LogP) is 2.48. The number of nitrogens with zero attached hydrogens (tertiary/aromatic N) is 1. The van der Waals surface area contributed by atoms with Crippen LogP contribution in [0.1, 0.15) is 28.9 Å². The number of aromatic nitrogens is 1. The van der Waals surface area contributed by atoms with Gasteiger partial charge in [-0.05, 0) is 37.7 Å². The second-order valence-electron chi connectivity index (χ2n) is 4.34. The van der Waals surface area contributed by atoms with Crippen molar-refractivity contribution in [3.63, 3.8) is 0 Å². The molecule has 1 N–H and O–H groups in total. The summed E-state index contributed by atoms with van der Waals surface area (Å²) in [5, 5.41) is 4.01. The van der Waals surface area contributed by atoms with E-state index in [4.69, 9.17) is 4.74 Å². The molecular formula is C13H18N2O2S. The normalized spacial score (nSPS) is 18.7. The minimum Gasteiger partial charge on any atom is -0.465 e. The Balaban J connectivity index is 1.97. The maximum Gasteiger partial charge on any atom is 0.339 e. The van der Waals surface area contributed by atoms with Crippen molar-refractivity contribution in [1.82, 2.24) is 4.98 Å². The molecule has 18 heavy (non-hydrogen) atoms. The number of hydrogen-bond acceptors (Lipinski definition) is 5. The molecule has 0 aliphatic carbocycles. The SMILES string of the molecule is COC(=O)c1ccc(NCC2CCCS2)nc1C. The number of pyridine rings is 1. The first-order valence-electron chi connectivity index (χ1n) is 6.12. The van der Waals surface area contributed by atoms with Crippen LogP contribution in [0.4, 0.5) is 5.82 Å². The van der Waals surface area contributed by atoms with Crippen molar-refractivity contribution in [3.05, 3.63) is 23.4 Å². The molecule has 0 saturated carbocycles. The Bertz CT molecular complexity index is 431. The van der Waals surface area contributed by atoms with Crippen LogP contribution in [0.15, 0.2) is 12.1 Å². The largest absolute Gasteiger partial charge is 0.465 e. The van der Waals surface area contributed by atoms with Gasteiger partial charge in [-0.15, -0.1) is 0 Å². The lowest BCUT2D eigenvalue weighted by atomic mass is 10.2. The third-order valence-corrected chi connectivity index (χ3v) is 4.42. The second kappa shape index (κ2) is 6.09. The van der Waals surface area contributed by atoms with Crippen LogP contribution in [0.3, 0.4) is 0 Å². The third kappa shape index (κ3) is 3.16. The lowest BCUT2D eigenvalue weighted by Gasteiger charge is -2.12. The first-order chi connectivity index (χ1) is 8.70. The number of rotatable bonds is 4. The highest BCUT2D eigenvalue weighted by Gasteiger charge is 2.16. The Morgan fingerprint density at radius 3 is 3.06 bits per heavy atom. The number of thioether (sulfide) groups is 1. The van der Waals surface area contributed by atoms with Gasteiger partial charge < -0.3 is 10.1 Å². The predicted molar refractivity (Wildman–Crippen MR) is 74.3 cm³/mol. The number of methoxy groups -OCH3 is 1. The van der Waals surface area contributed by atoms with E-state index in [2.05, 4.69) is 10.3 Å². The van der Waals surface area contributed by atoms with Crippen molar-refractivity contribution in [2.75, 3.05) is 24.7 Å². The smallest absolute Gasteiger partial charge is 0.339 e. The Morgan fingerprint density at radius 1 is 1.61 bits per heavy atom. The van der Waals surface area contributed by atoms with Gasteiger partial charge in [-0.2, -0.15) is 11.8 Å². The van der Waals surface area contributed by atoms with Gasteiger partial charge in [-0.1, -0.05) is 0 Å². The summed E-state index contributed by atoms with van der Waals surface area (Å²) in [6.45, 7) is 2.76. The minimum atomic E-state index is -0.335. The standard InChI is InChI=1S/C13H18N2O2S/c1-9-11(13(16)17-2)5-6-12(15-9)14-8-10-4-3-7-18-10/h5-6,10H,3-4,7-8H2,1-2H3,(H,14,15). The van der Waals surface area contributed by atoms with Gasteiger partial charge in [-0.25, -0.2) is 9.78 Å². The van der Waals surface area contributed by atoms with E-state index in [0.717, 1.165) is 12.4 Å². The average Bonchev–Trinajstić information content (AvgIpc) is 2.88. The van der Waals surface area contributed by atoms with Crippen LogP contribution in [-0.4, -0.2) is 35.6 Å². The van der Waals surface area contributed by atoms with Crippen LogP contribution >= 0.6 is 11.8 Å². The molecule has 0 radical (unpaired) electrons. The lowest BCUT2D eigenvalue weighted by Crippen LogP contribution is -2.15. The average molecular weight is 266 g/mol. The highest BCUT2D eigenvalue weighted by Crippen LogP contribution is 2.26. The summed E-state index contributed by atoms with van der Waals surface area (Å²) in [6, 6.07) is 3.59. The van der Waals surface area contributed by atoms with Crippen LogP contribution < -0.4 is 5.32 Å². The van der Waals surface area contributed by atoms with E-state index in [9.17, 15) is 4.79 Å². The van der Waals surface area contributed by atoms with Gasteiger partial charge in [0.05, 0.1) is 18.4 Å². The van der Waals surface area contributed by atoms with E-state index < -0.39 is 0 Å². The van der Waals surface area contributed by atoms with Gasteiger partial charge >= 0.3 is 5.97 Å². The van der Waals surface area contributed by atoms with E-state index in [1.54, 1.807) is 6.07 Å². The molecule has 0 spiro atoms. The van der Waals surface area contributed by atoms with Crippen LogP contribution in [0.5, 0.6) is 0 Å². The summed E-state index contributed by atoms with van der Waals surface area (Å²) in [6.07, 6.45) is 2.58. The van der Waals surface area contributed by atoms with Crippen molar-refractivity contribution in [3.8, 4) is 0 Å². The molecule has 1 unspecified atom stereocenters. The summed E-state index contributed by atoms with van der Waals surface area (Å²) < 4.78 is 4.70. The minimum absolute atomic E-state index is 0.335. The van der Waals surface area contributed by atoms with Gasteiger partial charge in [-0.3, -0.25) is 0 Å². The Kier molecular flexibility index (Phi) is 4.47. The first-order valence-corrected chi connectivity index (χ1v) is 7.17. The first kappa shape index (κ1) is 13.2. The van der Waals surface area contributed by atoms with E-state index >= 15 is 0 Å². The molecule has 2 rings (SSSR count). The van der Waals surface area contributed by atoms with Gasteiger partial charge in [0.25, 0.3) is 0 Å². The fraction of sp³-hybridized carbons (Fsp3) is 0.538. The Hall–Kier alpha value is -1.23. The molecule has 0 aromatic carbocycles. The summed E-state index contributed by atoms with van der Waals surface area (Å²) in [5.74, 6) is 1.76. The number of carbonyl (C=O) groups excluding carboxylic acids is 1. The van der Waals surface area contributed by atoms with E-state index in [1.165, 1.54) is 25.7 Å². The summed E-state index contributed by atoms with van der Waals surface area (Å²) in [5.41, 5.74) is 1.23. The number of esters is 1. The van der Waals surface area contributed by atoms with Crippen molar-refractivity contribution in [2.45, 2.75) is 25.0 Å². The third-order valence-electron chi connectivity index (χ3n) is 3.03. The monoisotopic (exact) mass is 266 g/mol. The molecule has 0 bridgehead atoms. The number of nitrogens with one attached hydrogen (secondary N) is 1. The van der Waals surface area contributed by atoms with Crippen LogP contribution in [-0.2, 0) is 4.74 Å². The molecular weight excluding hydrogens is 248 g/mol. The number of hydrogen-bond donors (Lipinski definition) is 1. The van der Waals surface area contributed by atoms with Crippen molar-refractivity contribution in [2.24, 2.45) is 0 Å². The fourth-order valence-corrected chi connectivity index (χ4v) is 3.21. The molecule has 1 aliphatic rings. The summed E-state index contributed by atoms with van der Waals surface area (Å²) in [7, 11) is 1.38.